The van der Waals surface area contributed by atoms with Gasteiger partial charge in [-0.15, -0.1) is 0 Å². The summed E-state index contributed by atoms with van der Waals surface area (Å²) in [5, 5.41) is 6.64. The first kappa shape index (κ1) is 25.4. The Hall–Kier alpha value is -2.68. The van der Waals surface area contributed by atoms with Crippen molar-refractivity contribution < 1.29 is 14.3 Å². The highest BCUT2D eigenvalue weighted by Gasteiger charge is 2.27. The Morgan fingerprint density at radius 1 is 1.11 bits per heavy atom. The molecule has 1 unspecified atom stereocenters. The molecular weight excluding hydrogens is 460 g/mol. The van der Waals surface area contributed by atoms with Crippen LogP contribution in [-0.4, -0.2) is 72.2 Å². The minimum atomic E-state index is -0.390. The summed E-state index contributed by atoms with van der Waals surface area (Å²) in [6.45, 7) is 5.29. The van der Waals surface area contributed by atoms with Crippen LogP contribution in [0.2, 0.25) is 0 Å². The maximum Gasteiger partial charge on any atom is 0.320 e. The van der Waals surface area contributed by atoms with Crippen LogP contribution in [-0.2, 0) is 16.0 Å². The average molecular weight is 495 g/mol. The third kappa shape index (κ3) is 6.72. The lowest BCUT2D eigenvalue weighted by molar-refractivity contribution is -0.145. The Morgan fingerprint density at radius 2 is 1.86 bits per heavy atom. The molecule has 35 heavy (non-hydrogen) atoms. The second kappa shape index (κ2) is 12.3. The number of carbonyl (C=O) groups excluding carboxylic acids is 2. The van der Waals surface area contributed by atoms with Gasteiger partial charge in [0.2, 0.25) is 0 Å². The number of nitrogens with two attached hydrogens (primary N) is 1. The van der Waals surface area contributed by atoms with Gasteiger partial charge in [0.25, 0.3) is 0 Å². The van der Waals surface area contributed by atoms with Crippen LogP contribution >= 0.6 is 11.8 Å². The highest BCUT2D eigenvalue weighted by Crippen LogP contribution is 2.27. The highest BCUT2D eigenvalue weighted by molar-refractivity contribution is 7.99. The first-order valence-electron chi connectivity index (χ1n) is 12.3. The number of ketones is 1. The van der Waals surface area contributed by atoms with E-state index in [1.807, 2.05) is 65.3 Å². The number of benzene rings is 2. The van der Waals surface area contributed by atoms with Gasteiger partial charge < -0.3 is 10.5 Å². The fourth-order valence-electron chi connectivity index (χ4n) is 4.28. The summed E-state index contributed by atoms with van der Waals surface area (Å²) in [6.07, 6.45) is 4.05. The number of hydrazone groups is 1. The summed E-state index contributed by atoms with van der Waals surface area (Å²) in [6, 6.07) is 13.3. The van der Waals surface area contributed by atoms with Gasteiger partial charge in [0, 0.05) is 42.3 Å². The molecule has 186 valence electrons. The van der Waals surface area contributed by atoms with Gasteiger partial charge in [0.05, 0.1) is 25.5 Å². The van der Waals surface area contributed by atoms with Gasteiger partial charge in [-0.05, 0) is 35.6 Å². The van der Waals surface area contributed by atoms with Crippen molar-refractivity contribution in [3.05, 3.63) is 70.3 Å². The molecule has 2 aromatic carbocycles. The third-order valence-electron chi connectivity index (χ3n) is 6.41. The zero-order valence-corrected chi connectivity index (χ0v) is 21.1. The van der Waals surface area contributed by atoms with E-state index in [0.29, 0.717) is 24.3 Å². The minimum absolute atomic E-state index is 0.0140. The van der Waals surface area contributed by atoms with Gasteiger partial charge in [-0.1, -0.05) is 49.7 Å². The Labute approximate surface area is 211 Å². The first-order valence-corrected chi connectivity index (χ1v) is 13.5. The Bertz CT molecular complexity index is 1050. The van der Waals surface area contributed by atoms with Crippen LogP contribution in [0.1, 0.15) is 58.5 Å². The van der Waals surface area contributed by atoms with Crippen molar-refractivity contribution in [3.8, 4) is 0 Å². The summed E-state index contributed by atoms with van der Waals surface area (Å²) in [5.74, 6) is 1.97. The number of carbonyl (C=O) groups is 2. The van der Waals surface area contributed by atoms with Crippen molar-refractivity contribution >= 4 is 29.7 Å². The highest BCUT2D eigenvalue weighted by atomic mass is 32.2. The molecular formula is C27H34N4O3S. The number of unbranched alkanes of at least 4 members (excludes halogenated alkanes) is 1. The topological polar surface area (TPSA) is 88.2 Å². The Balaban J connectivity index is 1.38. The molecule has 7 nitrogen and oxygen atoms in total. The lowest BCUT2D eigenvalue weighted by Crippen LogP contribution is -2.43. The number of hydrogen-bond acceptors (Lipinski definition) is 8. The zero-order valence-electron chi connectivity index (χ0n) is 20.3. The number of rotatable bonds is 9. The molecule has 2 aliphatic rings. The van der Waals surface area contributed by atoms with Crippen molar-refractivity contribution in [2.75, 3.05) is 44.3 Å². The molecule has 0 aromatic heterocycles. The summed E-state index contributed by atoms with van der Waals surface area (Å²) >= 11 is 1.96. The number of ether oxygens (including phenoxy) is 1. The predicted octanol–water partition coefficient (Wildman–Crippen LogP) is 3.46. The molecule has 0 saturated carbocycles. The monoisotopic (exact) mass is 494 g/mol. The van der Waals surface area contributed by atoms with Crippen LogP contribution in [0.4, 0.5) is 0 Å². The molecule has 2 heterocycles. The van der Waals surface area contributed by atoms with Gasteiger partial charge in [-0.25, -0.2) is 0 Å². The van der Waals surface area contributed by atoms with Gasteiger partial charge >= 0.3 is 5.97 Å². The van der Waals surface area contributed by atoms with E-state index in [4.69, 9.17) is 10.5 Å². The van der Waals surface area contributed by atoms with E-state index in [1.165, 1.54) is 0 Å². The van der Waals surface area contributed by atoms with Gasteiger partial charge in [0.1, 0.15) is 0 Å². The van der Waals surface area contributed by atoms with Crippen LogP contribution in [0.15, 0.2) is 47.6 Å². The summed E-state index contributed by atoms with van der Waals surface area (Å²) in [7, 11) is 0. The second-order valence-electron chi connectivity index (χ2n) is 8.91. The standard InChI is InChI=1S/C27H34N4O3S/c1-2-3-14-34-25(32)19-30-11-10-22-17-23(8-9-24(22)27(30)28)26(33)21-6-4-20(5-7-21)18-29-31-12-15-35-16-13-31/h4-9,17-18,27H,2-3,10-16,19,28H2,1H3. The average Bonchev–Trinajstić information content (AvgIpc) is 2.89. The van der Waals surface area contributed by atoms with Crippen LogP contribution < -0.4 is 5.73 Å². The maximum atomic E-state index is 13.1. The quantitative estimate of drug-likeness (QED) is 0.247. The van der Waals surface area contributed by atoms with Crippen molar-refractivity contribution in [1.29, 1.82) is 0 Å². The summed E-state index contributed by atoms with van der Waals surface area (Å²) in [5.41, 5.74) is 10.7. The fourth-order valence-corrected chi connectivity index (χ4v) is 5.16. The molecule has 2 N–H and O–H groups in total. The van der Waals surface area contributed by atoms with Gasteiger partial charge in [-0.3, -0.25) is 19.5 Å². The van der Waals surface area contributed by atoms with Crippen LogP contribution in [0.25, 0.3) is 0 Å². The second-order valence-corrected chi connectivity index (χ2v) is 10.1. The fraction of sp³-hybridized carbons (Fsp3) is 0.444. The van der Waals surface area contributed by atoms with Gasteiger partial charge in [-0.2, -0.15) is 16.9 Å². The van der Waals surface area contributed by atoms with Crippen molar-refractivity contribution in [2.24, 2.45) is 10.8 Å². The van der Waals surface area contributed by atoms with E-state index in [2.05, 4.69) is 17.0 Å². The maximum absolute atomic E-state index is 13.1. The largest absolute Gasteiger partial charge is 0.465 e. The molecule has 1 atom stereocenters. The van der Waals surface area contributed by atoms with E-state index in [9.17, 15) is 9.59 Å². The molecule has 0 radical (unpaired) electrons. The molecule has 1 saturated heterocycles. The van der Waals surface area contributed by atoms with Crippen LogP contribution in [0.5, 0.6) is 0 Å². The predicted molar refractivity (Wildman–Crippen MR) is 141 cm³/mol. The molecule has 0 amide bonds. The zero-order chi connectivity index (χ0) is 24.6. The molecule has 1 fully saturated rings. The molecule has 2 aliphatic heterocycles. The van der Waals surface area contributed by atoms with E-state index < -0.39 is 6.17 Å². The lowest BCUT2D eigenvalue weighted by Gasteiger charge is -2.34. The number of fused-ring (bicyclic) bond motifs is 1. The normalized spacial score (nSPS) is 18.5. The van der Waals surface area contributed by atoms with Crippen molar-refractivity contribution in [2.45, 2.75) is 32.4 Å². The molecule has 0 spiro atoms. The number of hydrogen-bond donors (Lipinski definition) is 1. The van der Waals surface area contributed by atoms with E-state index in [1.54, 1.807) is 0 Å². The molecule has 0 aliphatic carbocycles. The van der Waals surface area contributed by atoms with E-state index in [0.717, 1.165) is 60.5 Å². The van der Waals surface area contributed by atoms with Crippen LogP contribution in [0, 0.1) is 0 Å². The van der Waals surface area contributed by atoms with Crippen molar-refractivity contribution in [3.63, 3.8) is 0 Å². The Morgan fingerprint density at radius 3 is 2.60 bits per heavy atom. The summed E-state index contributed by atoms with van der Waals surface area (Å²) in [4.78, 5) is 27.2. The molecule has 0 bridgehead atoms. The molecule has 2 aromatic rings. The SMILES string of the molecule is CCCCOC(=O)CN1CCc2cc(C(=O)c3ccc(C=NN4CCSCC4)cc3)ccc2C1N. The third-order valence-corrected chi connectivity index (χ3v) is 7.35. The Kier molecular flexibility index (Phi) is 8.95. The summed E-state index contributed by atoms with van der Waals surface area (Å²) < 4.78 is 5.28. The van der Waals surface area contributed by atoms with Crippen molar-refractivity contribution in [1.82, 2.24) is 9.91 Å². The number of nitrogens with zero attached hydrogens (tertiary/aromatic N) is 3. The van der Waals surface area contributed by atoms with E-state index >= 15 is 0 Å². The smallest absolute Gasteiger partial charge is 0.320 e. The first-order chi connectivity index (χ1) is 17.0. The number of thioether (sulfide) groups is 1. The van der Waals surface area contributed by atoms with Gasteiger partial charge in [0.15, 0.2) is 5.78 Å². The minimum Gasteiger partial charge on any atom is -0.465 e. The van der Waals surface area contributed by atoms with E-state index in [-0.39, 0.29) is 18.3 Å². The van der Waals surface area contributed by atoms with Crippen LogP contribution in [0.3, 0.4) is 0 Å². The molecule has 8 heteroatoms. The lowest BCUT2D eigenvalue weighted by atomic mass is 9.92. The molecule has 4 rings (SSSR count). The number of esters is 1.